The van der Waals surface area contributed by atoms with Crippen molar-refractivity contribution in [3.8, 4) is 22.3 Å². The van der Waals surface area contributed by atoms with Crippen molar-refractivity contribution in [3.05, 3.63) is 118 Å². The van der Waals surface area contributed by atoms with Crippen molar-refractivity contribution in [1.82, 2.24) is 0 Å². The van der Waals surface area contributed by atoms with Crippen LogP contribution >= 0.6 is 0 Å². The average Bonchev–Trinajstić information content (AvgIpc) is 3.27. The van der Waals surface area contributed by atoms with Crippen molar-refractivity contribution in [2.75, 3.05) is 0 Å². The first-order chi connectivity index (χ1) is 17.7. The van der Waals surface area contributed by atoms with Crippen LogP contribution in [0.2, 0.25) is 0 Å². The van der Waals surface area contributed by atoms with E-state index in [1.54, 1.807) is 24.3 Å². The van der Waals surface area contributed by atoms with E-state index in [4.69, 9.17) is 0 Å². The van der Waals surface area contributed by atoms with E-state index in [-0.39, 0.29) is 17.5 Å². The van der Waals surface area contributed by atoms with Crippen LogP contribution in [0.15, 0.2) is 84.9 Å². The van der Waals surface area contributed by atoms with Crippen molar-refractivity contribution in [3.63, 3.8) is 0 Å². The van der Waals surface area contributed by atoms with E-state index >= 15 is 0 Å². The van der Waals surface area contributed by atoms with Gasteiger partial charge < -0.3 is 20.4 Å². The fourth-order valence-corrected chi connectivity index (χ4v) is 4.52. The molecule has 4 aromatic carbocycles. The van der Waals surface area contributed by atoms with Crippen LogP contribution < -0.4 is 0 Å². The average molecular weight is 496 g/mol. The number of rotatable bonds is 5. The molecule has 1 aliphatic carbocycles. The Labute approximate surface area is 210 Å². The molecule has 0 bridgehead atoms. The van der Waals surface area contributed by atoms with E-state index in [0.717, 1.165) is 0 Å². The molecule has 8 nitrogen and oxygen atoms in total. The molecule has 184 valence electrons. The Morgan fingerprint density at radius 2 is 0.892 bits per heavy atom. The lowest BCUT2D eigenvalue weighted by molar-refractivity contribution is 0.0619. The largest absolute Gasteiger partial charge is 0.478 e. The highest BCUT2D eigenvalue weighted by Crippen LogP contribution is 2.44. The minimum Gasteiger partial charge on any atom is -0.478 e. The van der Waals surface area contributed by atoms with Gasteiger partial charge in [0.25, 0.3) is 0 Å². The summed E-state index contributed by atoms with van der Waals surface area (Å²) in [4.78, 5) is 46.6. The molecule has 0 saturated heterocycles. The normalized spacial score (nSPS) is 10.9. The van der Waals surface area contributed by atoms with Gasteiger partial charge in [-0.1, -0.05) is 84.9 Å². The van der Waals surface area contributed by atoms with Gasteiger partial charge in [0.1, 0.15) is 0 Å². The number of fused-ring (bicyclic) bond motifs is 3. The van der Waals surface area contributed by atoms with Crippen LogP contribution in [0.25, 0.3) is 22.3 Å². The van der Waals surface area contributed by atoms with E-state index in [2.05, 4.69) is 48.5 Å². The maximum atomic E-state index is 11.7. The molecule has 37 heavy (non-hydrogen) atoms. The highest BCUT2D eigenvalue weighted by molar-refractivity contribution is 6.18. The second kappa shape index (κ2) is 10.2. The molecule has 1 aliphatic rings. The number of benzene rings is 4. The first-order valence-electron chi connectivity index (χ1n) is 11.1. The van der Waals surface area contributed by atoms with E-state index < -0.39 is 46.1 Å². The first kappa shape index (κ1) is 24.9. The number of aromatic carboxylic acids is 4. The number of carbonyl (C=O) groups is 4. The molecule has 8 heteroatoms. The number of hydrogen-bond acceptors (Lipinski definition) is 4. The van der Waals surface area contributed by atoms with E-state index in [1.165, 1.54) is 11.1 Å². The van der Waals surface area contributed by atoms with Crippen LogP contribution in [0, 0.1) is 0 Å². The van der Waals surface area contributed by atoms with Gasteiger partial charge in [0.15, 0.2) is 0 Å². The van der Waals surface area contributed by atoms with Gasteiger partial charge >= 0.3 is 23.9 Å². The minimum absolute atomic E-state index is 0.00602. The third-order valence-electron chi connectivity index (χ3n) is 5.99. The second-order valence-electron chi connectivity index (χ2n) is 8.14. The summed E-state index contributed by atoms with van der Waals surface area (Å²) in [5.74, 6) is -6.88. The number of carboxylic acid groups (broad SMARTS) is 4. The molecule has 0 atom stereocenters. The molecule has 0 aliphatic heterocycles. The number of hydrogen-bond donors (Lipinski definition) is 4. The predicted octanol–water partition coefficient (Wildman–Crippen LogP) is 5.40. The summed E-state index contributed by atoms with van der Waals surface area (Å²) in [5.41, 5.74) is 0.0126. The maximum absolute atomic E-state index is 11.7. The van der Waals surface area contributed by atoms with Gasteiger partial charge in [-0.15, -0.1) is 0 Å². The van der Waals surface area contributed by atoms with Crippen LogP contribution in [0.3, 0.4) is 0 Å². The molecule has 0 heterocycles. The van der Waals surface area contributed by atoms with Gasteiger partial charge in [0, 0.05) is 5.56 Å². The second-order valence-corrected chi connectivity index (χ2v) is 8.14. The van der Waals surface area contributed by atoms with Crippen molar-refractivity contribution in [2.24, 2.45) is 0 Å². The molecule has 4 N–H and O–H groups in total. The molecule has 0 amide bonds. The van der Waals surface area contributed by atoms with Crippen LogP contribution in [-0.4, -0.2) is 44.3 Å². The fourth-order valence-electron chi connectivity index (χ4n) is 4.52. The standard InChI is InChI=1S/C17H10O8.C12H10/c18-14(19)10-8-5-6-3-1-2-4-7(6)9(8)11(15(20)21)13(17(24)25)12(10)16(22)23;1-3-7-11(8-4-1)12-9-5-2-6-10-12/h1-4H,5H2,(H,18,19)(H,20,21)(H,22,23)(H,24,25);1-10H. The molecule has 5 rings (SSSR count). The van der Waals surface area contributed by atoms with Crippen LogP contribution in [0.5, 0.6) is 0 Å². The molecule has 0 radical (unpaired) electrons. The van der Waals surface area contributed by atoms with Gasteiger partial charge in [-0.25, -0.2) is 19.2 Å². The Hall–Kier alpha value is -5.24. The van der Waals surface area contributed by atoms with Crippen molar-refractivity contribution in [2.45, 2.75) is 6.42 Å². The number of carboxylic acids is 4. The minimum atomic E-state index is -1.82. The highest BCUT2D eigenvalue weighted by Gasteiger charge is 2.39. The molecule has 0 fully saturated rings. The summed E-state index contributed by atoms with van der Waals surface area (Å²) in [5, 5.41) is 37.8. The summed E-state index contributed by atoms with van der Waals surface area (Å²) in [6.45, 7) is 0. The monoisotopic (exact) mass is 496 g/mol. The Bertz CT molecular complexity index is 1500. The molecule has 0 spiro atoms. The third kappa shape index (κ3) is 4.68. The van der Waals surface area contributed by atoms with Crippen LogP contribution in [0.1, 0.15) is 52.6 Å². The van der Waals surface area contributed by atoms with Crippen molar-refractivity contribution in [1.29, 1.82) is 0 Å². The maximum Gasteiger partial charge on any atom is 0.337 e. The first-order valence-corrected chi connectivity index (χ1v) is 11.1. The molecular formula is C29H20O8. The summed E-state index contributed by atoms with van der Waals surface area (Å²) >= 11 is 0. The Morgan fingerprint density at radius 3 is 1.35 bits per heavy atom. The molecule has 4 aromatic rings. The fraction of sp³-hybridized carbons (Fsp3) is 0.0345. The van der Waals surface area contributed by atoms with E-state index in [1.807, 2.05) is 12.1 Å². The lowest BCUT2D eigenvalue weighted by atomic mass is 9.86. The Kier molecular flexibility index (Phi) is 6.84. The van der Waals surface area contributed by atoms with Crippen LogP contribution in [-0.2, 0) is 6.42 Å². The summed E-state index contributed by atoms with van der Waals surface area (Å²) in [6, 6.07) is 27.2. The van der Waals surface area contributed by atoms with Gasteiger partial charge in [-0.3, -0.25) is 0 Å². The topological polar surface area (TPSA) is 149 Å². The van der Waals surface area contributed by atoms with Crippen molar-refractivity contribution < 1.29 is 39.6 Å². The SMILES string of the molecule is O=C(O)c1c2c(c(C(=O)O)c(C(=O)O)c1C(=O)O)-c1ccccc1C2.c1ccc(-c2ccccc2)cc1. The Morgan fingerprint density at radius 1 is 0.486 bits per heavy atom. The van der Waals surface area contributed by atoms with Gasteiger partial charge in [0.05, 0.1) is 22.3 Å². The quantitative estimate of drug-likeness (QED) is 0.252. The third-order valence-corrected chi connectivity index (χ3v) is 5.99. The van der Waals surface area contributed by atoms with Crippen LogP contribution in [0.4, 0.5) is 0 Å². The van der Waals surface area contributed by atoms with Gasteiger partial charge in [0.2, 0.25) is 0 Å². The van der Waals surface area contributed by atoms with Gasteiger partial charge in [-0.05, 0) is 34.2 Å². The summed E-state index contributed by atoms with van der Waals surface area (Å²) < 4.78 is 0. The van der Waals surface area contributed by atoms with E-state index in [0.29, 0.717) is 11.1 Å². The smallest absolute Gasteiger partial charge is 0.337 e. The highest BCUT2D eigenvalue weighted by atomic mass is 16.4. The molecular weight excluding hydrogens is 476 g/mol. The zero-order valence-electron chi connectivity index (χ0n) is 19.2. The van der Waals surface area contributed by atoms with Crippen molar-refractivity contribution >= 4 is 23.9 Å². The Balaban J connectivity index is 0.000000222. The van der Waals surface area contributed by atoms with Gasteiger partial charge in [-0.2, -0.15) is 0 Å². The molecule has 0 saturated carbocycles. The zero-order valence-corrected chi connectivity index (χ0v) is 19.2. The predicted molar refractivity (Wildman–Crippen MR) is 134 cm³/mol. The zero-order chi connectivity index (χ0) is 26.7. The lowest BCUT2D eigenvalue weighted by Gasteiger charge is -2.16. The van der Waals surface area contributed by atoms with E-state index in [9.17, 15) is 39.6 Å². The molecule has 0 unspecified atom stereocenters. The summed E-state index contributed by atoms with van der Waals surface area (Å²) in [7, 11) is 0. The lowest BCUT2D eigenvalue weighted by Crippen LogP contribution is -2.22. The summed E-state index contributed by atoms with van der Waals surface area (Å²) in [6.07, 6.45) is 0.00754. The molecule has 0 aromatic heterocycles.